The largest absolute Gasteiger partial charge is 0.447 e. The molecule has 1 heterocycles. The molecule has 1 aromatic heterocycles. The number of benzene rings is 2. The summed E-state index contributed by atoms with van der Waals surface area (Å²) in [5.41, 5.74) is 0.323. The Hall–Kier alpha value is -3.27. The first-order valence-corrected chi connectivity index (χ1v) is 9.07. The summed E-state index contributed by atoms with van der Waals surface area (Å²) in [7, 11) is -4.16. The fraction of sp³-hybridized carbons (Fsp3) is 0.0588. The molecule has 10 heteroatoms. The molecule has 0 fully saturated rings. The van der Waals surface area contributed by atoms with Crippen LogP contribution in [0.3, 0.4) is 0 Å². The highest BCUT2D eigenvalue weighted by molar-refractivity contribution is 7.91. The molecule has 0 saturated heterocycles. The van der Waals surface area contributed by atoms with Crippen LogP contribution in [0.2, 0.25) is 0 Å². The lowest BCUT2D eigenvalue weighted by Gasteiger charge is -2.09. The third-order valence-corrected chi connectivity index (χ3v) is 5.32. The zero-order valence-corrected chi connectivity index (χ0v) is 14.5. The fourth-order valence-electron chi connectivity index (χ4n) is 2.21. The molecule has 0 bridgehead atoms. The van der Waals surface area contributed by atoms with Gasteiger partial charge in [0.15, 0.2) is 6.39 Å². The molecule has 3 rings (SSSR count). The molecule has 0 unspecified atom stereocenters. The zero-order chi connectivity index (χ0) is 19.4. The summed E-state index contributed by atoms with van der Waals surface area (Å²) in [6, 6.07) is 6.82. The molecule has 2 N–H and O–H groups in total. The van der Waals surface area contributed by atoms with E-state index in [1.165, 1.54) is 36.9 Å². The molecule has 0 aliphatic carbocycles. The van der Waals surface area contributed by atoms with Gasteiger partial charge in [0.05, 0.1) is 17.6 Å². The average molecular weight is 393 g/mol. The maximum absolute atomic E-state index is 13.8. The zero-order valence-electron chi connectivity index (χ0n) is 13.6. The number of hydrogen-bond donors (Lipinski definition) is 2. The Bertz CT molecular complexity index is 1050. The van der Waals surface area contributed by atoms with Crippen LogP contribution in [0.4, 0.5) is 19.3 Å². The Labute approximate surface area is 153 Å². The van der Waals surface area contributed by atoms with Crippen LogP contribution in [-0.2, 0) is 16.4 Å². The summed E-state index contributed by atoms with van der Waals surface area (Å²) < 4.78 is 56.6. The summed E-state index contributed by atoms with van der Waals surface area (Å²) in [6.45, 7) is 0.127. The van der Waals surface area contributed by atoms with Crippen LogP contribution >= 0.6 is 0 Å². The van der Waals surface area contributed by atoms with Crippen molar-refractivity contribution in [3.8, 4) is 0 Å². The Balaban J connectivity index is 1.70. The smallest absolute Gasteiger partial charge is 0.319 e. The van der Waals surface area contributed by atoms with Crippen LogP contribution in [-0.4, -0.2) is 19.4 Å². The van der Waals surface area contributed by atoms with Crippen molar-refractivity contribution in [1.82, 2.24) is 10.3 Å². The first-order chi connectivity index (χ1) is 12.9. The lowest BCUT2D eigenvalue weighted by atomic mass is 10.3. The first-order valence-electron chi connectivity index (χ1n) is 7.59. The van der Waals surface area contributed by atoms with E-state index in [4.69, 9.17) is 4.42 Å². The van der Waals surface area contributed by atoms with E-state index in [0.29, 0.717) is 17.5 Å². The highest BCUT2D eigenvalue weighted by atomic mass is 32.2. The lowest BCUT2D eigenvalue weighted by Crippen LogP contribution is -2.28. The third-order valence-electron chi connectivity index (χ3n) is 3.51. The molecule has 3 aromatic rings. The molecular weight excluding hydrogens is 380 g/mol. The molecule has 2 aromatic carbocycles. The van der Waals surface area contributed by atoms with Gasteiger partial charge in [0, 0.05) is 11.8 Å². The molecule has 0 aliphatic rings. The van der Waals surface area contributed by atoms with Gasteiger partial charge in [0.2, 0.25) is 9.84 Å². The van der Waals surface area contributed by atoms with Gasteiger partial charge in [-0.25, -0.2) is 27.0 Å². The topological polar surface area (TPSA) is 101 Å². The van der Waals surface area contributed by atoms with Crippen molar-refractivity contribution in [2.75, 3.05) is 5.32 Å². The Kier molecular flexibility index (Phi) is 5.17. The maximum Gasteiger partial charge on any atom is 0.319 e. The molecule has 0 saturated carbocycles. The lowest BCUT2D eigenvalue weighted by molar-refractivity contribution is 0.251. The summed E-state index contributed by atoms with van der Waals surface area (Å²) in [6.07, 6.45) is 2.69. The number of nitrogens with zero attached hydrogens (tertiary/aromatic N) is 1. The molecule has 7 nitrogen and oxygen atoms in total. The van der Waals surface area contributed by atoms with Crippen LogP contribution < -0.4 is 10.6 Å². The molecule has 0 atom stereocenters. The predicted molar refractivity (Wildman–Crippen MR) is 90.6 cm³/mol. The second kappa shape index (κ2) is 7.54. The van der Waals surface area contributed by atoms with E-state index in [1.54, 1.807) is 0 Å². The van der Waals surface area contributed by atoms with Gasteiger partial charge in [-0.2, -0.15) is 0 Å². The Morgan fingerprint density at radius 2 is 1.85 bits per heavy atom. The number of urea groups is 1. The van der Waals surface area contributed by atoms with E-state index in [-0.39, 0.29) is 11.4 Å². The first kappa shape index (κ1) is 18.5. The average Bonchev–Trinajstić information content (AvgIpc) is 3.14. The highest BCUT2D eigenvalue weighted by Gasteiger charge is 2.22. The van der Waals surface area contributed by atoms with Gasteiger partial charge in [-0.3, -0.25) is 0 Å². The second-order valence-corrected chi connectivity index (χ2v) is 7.30. The number of aromatic nitrogens is 1. The number of oxazole rings is 1. The number of nitrogens with one attached hydrogen (secondary N) is 2. The number of sulfone groups is 1. The van der Waals surface area contributed by atoms with Crippen molar-refractivity contribution in [2.45, 2.75) is 16.3 Å². The van der Waals surface area contributed by atoms with Crippen LogP contribution in [0.15, 0.2) is 69.3 Å². The Morgan fingerprint density at radius 3 is 2.48 bits per heavy atom. The van der Waals surface area contributed by atoms with Gasteiger partial charge in [0.1, 0.15) is 22.3 Å². The summed E-state index contributed by atoms with van der Waals surface area (Å²) in [5.74, 6) is -1.58. The van der Waals surface area contributed by atoms with Crippen molar-refractivity contribution < 1.29 is 26.4 Å². The van der Waals surface area contributed by atoms with Crippen LogP contribution in [0.1, 0.15) is 5.76 Å². The molecule has 27 heavy (non-hydrogen) atoms. The predicted octanol–water partition coefficient (Wildman–Crippen LogP) is 3.11. The van der Waals surface area contributed by atoms with E-state index in [9.17, 15) is 22.0 Å². The van der Waals surface area contributed by atoms with Crippen molar-refractivity contribution in [1.29, 1.82) is 0 Å². The van der Waals surface area contributed by atoms with Crippen LogP contribution in [0, 0.1) is 11.6 Å². The van der Waals surface area contributed by atoms with Gasteiger partial charge < -0.3 is 15.1 Å². The molecule has 0 radical (unpaired) electrons. The van der Waals surface area contributed by atoms with E-state index in [1.807, 2.05) is 0 Å². The van der Waals surface area contributed by atoms with Gasteiger partial charge >= 0.3 is 6.03 Å². The SMILES string of the molecule is O=C(NCc1cnco1)Nc1ccc(S(=O)(=O)c2ccc(F)cc2F)cc1. The fourth-order valence-corrected chi connectivity index (χ4v) is 3.52. The van der Waals surface area contributed by atoms with Gasteiger partial charge in [0.25, 0.3) is 0 Å². The number of halogens is 2. The highest BCUT2D eigenvalue weighted by Crippen LogP contribution is 2.25. The third kappa shape index (κ3) is 4.29. The minimum Gasteiger partial charge on any atom is -0.447 e. The van der Waals surface area contributed by atoms with Crippen molar-refractivity contribution in [2.24, 2.45) is 0 Å². The monoisotopic (exact) mass is 393 g/mol. The number of anilines is 1. The standard InChI is InChI=1S/C17H13F2N3O4S/c18-11-1-6-16(15(19)7-11)27(24,25)14-4-2-12(3-5-14)22-17(23)21-9-13-8-20-10-26-13/h1-8,10H,9H2,(H2,21,22,23). The van der Waals surface area contributed by atoms with Gasteiger partial charge in [-0.1, -0.05) is 0 Å². The number of amides is 2. The molecule has 2 amide bonds. The van der Waals surface area contributed by atoms with Crippen molar-refractivity contribution in [3.63, 3.8) is 0 Å². The molecule has 0 aliphatic heterocycles. The van der Waals surface area contributed by atoms with Crippen LogP contribution in [0.25, 0.3) is 0 Å². The Morgan fingerprint density at radius 1 is 1.11 bits per heavy atom. The number of hydrogen-bond acceptors (Lipinski definition) is 5. The van der Waals surface area contributed by atoms with E-state index < -0.39 is 32.4 Å². The molecule has 140 valence electrons. The normalized spacial score (nSPS) is 11.2. The van der Waals surface area contributed by atoms with Gasteiger partial charge in [-0.15, -0.1) is 0 Å². The van der Waals surface area contributed by atoms with E-state index in [2.05, 4.69) is 15.6 Å². The number of carbonyl (C=O) groups excluding carboxylic acids is 1. The van der Waals surface area contributed by atoms with Crippen LogP contribution in [0.5, 0.6) is 0 Å². The second-order valence-electron chi connectivity index (χ2n) is 5.38. The minimum atomic E-state index is -4.16. The maximum atomic E-state index is 13.8. The number of carbonyl (C=O) groups is 1. The van der Waals surface area contributed by atoms with Crippen molar-refractivity contribution in [3.05, 3.63) is 72.4 Å². The minimum absolute atomic E-state index is 0.127. The molecule has 0 spiro atoms. The molecular formula is C17H13F2N3O4S. The van der Waals surface area contributed by atoms with Crippen molar-refractivity contribution >= 4 is 21.6 Å². The van der Waals surface area contributed by atoms with Gasteiger partial charge in [-0.05, 0) is 36.4 Å². The quantitative estimate of drug-likeness (QED) is 0.649. The number of rotatable bonds is 5. The van der Waals surface area contributed by atoms with E-state index in [0.717, 1.165) is 12.1 Å². The summed E-state index contributed by atoms with van der Waals surface area (Å²) >= 11 is 0. The summed E-state index contributed by atoms with van der Waals surface area (Å²) in [4.78, 5) is 14.7. The summed E-state index contributed by atoms with van der Waals surface area (Å²) in [5, 5.41) is 5.04. The van der Waals surface area contributed by atoms with E-state index >= 15 is 0 Å².